The first-order valence-corrected chi connectivity index (χ1v) is 13.3. The van der Waals surface area contributed by atoms with Crippen LogP contribution in [0.1, 0.15) is 65.7 Å². The molecule has 0 spiro atoms. The molecule has 1 fully saturated rings. The van der Waals surface area contributed by atoms with Crippen molar-refractivity contribution in [1.29, 1.82) is 0 Å². The van der Waals surface area contributed by atoms with E-state index in [1.165, 1.54) is 32.1 Å². The van der Waals surface area contributed by atoms with E-state index in [1.807, 2.05) is 20.8 Å². The highest BCUT2D eigenvalue weighted by Gasteiger charge is 2.48. The molecule has 0 heterocycles. The Bertz CT molecular complexity index is 358. The van der Waals surface area contributed by atoms with E-state index in [0.29, 0.717) is 25.7 Å². The topological polar surface area (TPSA) is 27.7 Å². The van der Waals surface area contributed by atoms with Crippen molar-refractivity contribution in [3.8, 4) is 0 Å². The van der Waals surface area contributed by atoms with Gasteiger partial charge in [0.15, 0.2) is 0 Å². The van der Waals surface area contributed by atoms with Crippen LogP contribution in [0.2, 0.25) is 6.04 Å². The van der Waals surface area contributed by atoms with Gasteiger partial charge in [0.05, 0.1) is 0 Å². The SMILES string of the molecule is CCO[Si](CCCC(S)(C1CCCCC1)C(S)(S)S)(OCC)OCC. The van der Waals surface area contributed by atoms with Gasteiger partial charge < -0.3 is 13.3 Å². The molecule has 1 aliphatic carbocycles. The fraction of sp³-hybridized carbons (Fsp3) is 1.00. The lowest BCUT2D eigenvalue weighted by Gasteiger charge is -2.46. The largest absolute Gasteiger partial charge is 0.500 e. The van der Waals surface area contributed by atoms with Crippen molar-refractivity contribution in [2.75, 3.05) is 19.8 Å². The molecule has 8 heteroatoms. The second-order valence-electron chi connectivity index (χ2n) is 6.73. The van der Waals surface area contributed by atoms with Gasteiger partial charge in [0.25, 0.3) is 0 Å². The van der Waals surface area contributed by atoms with E-state index in [9.17, 15) is 0 Å². The lowest BCUT2D eigenvalue weighted by Crippen LogP contribution is -2.48. The molecule has 1 saturated carbocycles. The van der Waals surface area contributed by atoms with E-state index < -0.39 is 12.2 Å². The van der Waals surface area contributed by atoms with Crippen molar-refractivity contribution in [2.24, 2.45) is 5.92 Å². The van der Waals surface area contributed by atoms with Crippen molar-refractivity contribution in [3.05, 3.63) is 0 Å². The number of hydrogen-bond acceptors (Lipinski definition) is 7. The van der Waals surface area contributed by atoms with Gasteiger partial charge >= 0.3 is 8.80 Å². The summed E-state index contributed by atoms with van der Waals surface area (Å²) in [6.45, 7) is 7.80. The summed E-state index contributed by atoms with van der Waals surface area (Å²) in [6, 6.07) is 0.795. The van der Waals surface area contributed by atoms with Gasteiger partial charge in [-0.3, -0.25) is 0 Å². The van der Waals surface area contributed by atoms with Crippen molar-refractivity contribution >= 4 is 59.3 Å². The fourth-order valence-electron chi connectivity index (χ4n) is 3.80. The molecule has 0 radical (unpaired) electrons. The summed E-state index contributed by atoms with van der Waals surface area (Å²) in [7, 11) is -2.61. The molecule has 0 N–H and O–H groups in total. The molecule has 150 valence electrons. The average Bonchev–Trinajstić information content (AvgIpc) is 2.55. The zero-order valence-electron chi connectivity index (χ0n) is 15.9. The van der Waals surface area contributed by atoms with Gasteiger partial charge in [-0.25, -0.2) is 0 Å². The molecule has 0 amide bonds. The molecule has 1 atom stereocenters. The molecule has 25 heavy (non-hydrogen) atoms. The lowest BCUT2D eigenvalue weighted by molar-refractivity contribution is 0.0702. The van der Waals surface area contributed by atoms with Gasteiger partial charge in [0, 0.05) is 30.6 Å². The van der Waals surface area contributed by atoms with Crippen LogP contribution in [0.4, 0.5) is 0 Å². The van der Waals surface area contributed by atoms with Crippen molar-refractivity contribution in [1.82, 2.24) is 0 Å². The standard InChI is InChI=1S/C17H36O3S4Si/c1-4-18-25(19-5-2,20-6-3)14-10-13-16(21,17(22,23)24)15-11-8-7-9-12-15/h15,21-24H,4-14H2,1-3H3. The third-order valence-corrected chi connectivity index (χ3v) is 10.8. The smallest absolute Gasteiger partial charge is 0.374 e. The molecule has 0 aliphatic heterocycles. The van der Waals surface area contributed by atoms with Gasteiger partial charge in [0.1, 0.15) is 3.41 Å². The first-order chi connectivity index (χ1) is 11.7. The van der Waals surface area contributed by atoms with Crippen LogP contribution >= 0.6 is 50.5 Å². The molecule has 1 unspecified atom stereocenters. The normalized spacial score (nSPS) is 19.8. The first kappa shape index (κ1) is 24.5. The van der Waals surface area contributed by atoms with Crippen LogP contribution in [0.3, 0.4) is 0 Å². The summed E-state index contributed by atoms with van der Waals surface area (Å²) in [6.07, 6.45) is 7.97. The summed E-state index contributed by atoms with van der Waals surface area (Å²) in [5.41, 5.74) is 0. The van der Waals surface area contributed by atoms with E-state index in [-0.39, 0.29) is 4.75 Å². The maximum Gasteiger partial charge on any atom is 0.500 e. The van der Waals surface area contributed by atoms with Crippen LogP contribution in [-0.2, 0) is 13.3 Å². The molecular weight excluding hydrogens is 409 g/mol. The summed E-state index contributed by atoms with van der Waals surface area (Å²) in [5, 5.41) is 0. The fourth-order valence-corrected chi connectivity index (χ4v) is 7.71. The van der Waals surface area contributed by atoms with Crippen molar-refractivity contribution < 1.29 is 13.3 Å². The molecule has 0 aromatic heterocycles. The Morgan fingerprint density at radius 2 is 1.32 bits per heavy atom. The van der Waals surface area contributed by atoms with E-state index in [4.69, 9.17) is 25.9 Å². The van der Waals surface area contributed by atoms with E-state index in [2.05, 4.69) is 37.9 Å². The molecule has 0 saturated heterocycles. The first-order valence-electron chi connectivity index (χ1n) is 9.56. The maximum absolute atomic E-state index is 5.97. The van der Waals surface area contributed by atoms with Crippen LogP contribution in [0.5, 0.6) is 0 Å². The van der Waals surface area contributed by atoms with Crippen molar-refractivity contribution in [3.63, 3.8) is 0 Å². The molecule has 0 aromatic rings. The number of hydrogen-bond donors (Lipinski definition) is 4. The predicted molar refractivity (Wildman–Crippen MR) is 123 cm³/mol. The Morgan fingerprint density at radius 3 is 1.72 bits per heavy atom. The minimum atomic E-state index is -2.61. The van der Waals surface area contributed by atoms with E-state index in [1.54, 1.807) is 0 Å². The van der Waals surface area contributed by atoms with Crippen LogP contribution in [0.15, 0.2) is 0 Å². The Hall–Kier alpha value is 1.50. The predicted octanol–water partition coefficient (Wildman–Crippen LogP) is 5.51. The van der Waals surface area contributed by atoms with Crippen LogP contribution in [0.25, 0.3) is 0 Å². The Kier molecular flexibility index (Phi) is 11.3. The summed E-state index contributed by atoms with van der Waals surface area (Å²) < 4.78 is 16.8. The summed E-state index contributed by atoms with van der Waals surface area (Å²) in [5.74, 6) is 0.486. The monoisotopic (exact) mass is 444 g/mol. The highest BCUT2D eigenvalue weighted by atomic mass is 32.2. The summed E-state index contributed by atoms with van der Waals surface area (Å²) >= 11 is 19.1. The number of rotatable bonds is 12. The molecule has 0 bridgehead atoms. The van der Waals surface area contributed by atoms with Crippen LogP contribution < -0.4 is 0 Å². The Balaban J connectivity index is 2.80. The molecule has 3 nitrogen and oxygen atoms in total. The lowest BCUT2D eigenvalue weighted by atomic mass is 9.78. The third-order valence-electron chi connectivity index (χ3n) is 4.99. The zero-order chi connectivity index (χ0) is 19.0. The van der Waals surface area contributed by atoms with Gasteiger partial charge in [-0.2, -0.15) is 12.6 Å². The summed E-state index contributed by atoms with van der Waals surface area (Å²) in [4.78, 5) is 0. The van der Waals surface area contributed by atoms with Crippen LogP contribution in [0, 0.1) is 5.92 Å². The maximum atomic E-state index is 5.97. The van der Waals surface area contributed by atoms with Crippen LogP contribution in [-0.4, -0.2) is 36.8 Å². The van der Waals surface area contributed by atoms with Gasteiger partial charge in [-0.15, -0.1) is 37.9 Å². The minimum Gasteiger partial charge on any atom is -0.374 e. The molecule has 1 rings (SSSR count). The second-order valence-corrected chi connectivity index (χ2v) is 13.3. The Morgan fingerprint density at radius 1 is 0.840 bits per heavy atom. The zero-order valence-corrected chi connectivity index (χ0v) is 20.4. The number of thiol groups is 4. The molecule has 1 aliphatic rings. The van der Waals surface area contributed by atoms with E-state index >= 15 is 0 Å². The molecule has 0 aromatic carbocycles. The van der Waals surface area contributed by atoms with Gasteiger partial charge in [0.2, 0.25) is 0 Å². The Labute approximate surface area is 177 Å². The van der Waals surface area contributed by atoms with Crippen molar-refractivity contribution in [2.45, 2.75) is 79.9 Å². The van der Waals surface area contributed by atoms with Gasteiger partial charge in [-0.1, -0.05) is 19.3 Å². The van der Waals surface area contributed by atoms with Gasteiger partial charge in [-0.05, 0) is 52.4 Å². The van der Waals surface area contributed by atoms with E-state index in [0.717, 1.165) is 18.9 Å². The highest BCUT2D eigenvalue weighted by molar-refractivity contribution is 8.18. The highest BCUT2D eigenvalue weighted by Crippen LogP contribution is 2.53. The third kappa shape index (κ3) is 7.11. The second kappa shape index (κ2) is 11.5. The average molecular weight is 445 g/mol. The molecular formula is C17H36O3S4Si. The minimum absolute atomic E-state index is 0.340. The quantitative estimate of drug-likeness (QED) is 0.182.